The molecule has 2 aromatic heterocycles. The molecule has 1 fully saturated rings. The molecule has 3 heterocycles. The molecule has 2 N–H and O–H groups in total. The predicted molar refractivity (Wildman–Crippen MR) is 116 cm³/mol. The van der Waals surface area contributed by atoms with Crippen LogP contribution in [0.1, 0.15) is 16.1 Å². The SMILES string of the molecule is CN1CCN(C(=O)[C@H](Cc2ccc(F)cc2F)NC(=O)c2cc3cc(Cl)cnc3[nH]2)CC1. The van der Waals surface area contributed by atoms with Crippen LogP contribution in [0.15, 0.2) is 36.5 Å². The summed E-state index contributed by atoms with van der Waals surface area (Å²) in [6, 6.07) is 5.41. The summed E-state index contributed by atoms with van der Waals surface area (Å²) in [5.41, 5.74) is 0.820. The number of piperazine rings is 1. The van der Waals surface area contributed by atoms with E-state index < -0.39 is 23.6 Å². The maximum Gasteiger partial charge on any atom is 0.268 e. The number of halogens is 3. The predicted octanol–water partition coefficient (Wildman–Crippen LogP) is 2.61. The third-order valence-corrected chi connectivity index (χ3v) is 5.75. The maximum absolute atomic E-state index is 14.3. The van der Waals surface area contributed by atoms with Gasteiger partial charge in [0.1, 0.15) is 29.0 Å². The summed E-state index contributed by atoms with van der Waals surface area (Å²) in [6.45, 7) is 2.41. The first-order valence-electron chi connectivity index (χ1n) is 10.2. The third kappa shape index (κ3) is 4.89. The minimum absolute atomic E-state index is 0.104. The fraction of sp³-hybridized carbons (Fsp3) is 0.318. The molecule has 10 heteroatoms. The zero-order valence-electron chi connectivity index (χ0n) is 17.4. The molecule has 0 spiro atoms. The number of aromatic amines is 1. The van der Waals surface area contributed by atoms with Crippen molar-refractivity contribution in [1.82, 2.24) is 25.1 Å². The van der Waals surface area contributed by atoms with Crippen molar-refractivity contribution in [1.29, 1.82) is 0 Å². The molecular weight excluding hydrogens is 440 g/mol. The van der Waals surface area contributed by atoms with Crippen molar-refractivity contribution < 1.29 is 18.4 Å². The Labute approximate surface area is 188 Å². The fourth-order valence-electron chi connectivity index (χ4n) is 3.70. The van der Waals surface area contributed by atoms with Crippen LogP contribution in [0.3, 0.4) is 0 Å². The third-order valence-electron chi connectivity index (χ3n) is 5.54. The van der Waals surface area contributed by atoms with Crippen molar-refractivity contribution in [2.24, 2.45) is 0 Å². The number of aromatic nitrogens is 2. The molecule has 0 aliphatic carbocycles. The Bertz CT molecular complexity index is 1160. The van der Waals surface area contributed by atoms with E-state index in [9.17, 15) is 18.4 Å². The number of carbonyl (C=O) groups excluding carboxylic acids is 2. The van der Waals surface area contributed by atoms with E-state index >= 15 is 0 Å². The number of amides is 2. The van der Waals surface area contributed by atoms with Gasteiger partial charge in [0.2, 0.25) is 5.91 Å². The molecule has 1 aliphatic heterocycles. The Hall–Kier alpha value is -3.04. The van der Waals surface area contributed by atoms with E-state index in [2.05, 4.69) is 20.2 Å². The standard InChI is InChI=1S/C22H22ClF2N5O2/c1-29-4-6-30(7-5-29)22(32)19(9-13-2-3-16(24)11-17(13)25)28-21(31)18-10-14-8-15(23)12-26-20(14)27-18/h2-3,8,10-12,19H,4-7,9H2,1H3,(H,26,27)(H,28,31)/t19-/m0/s1. The zero-order chi connectivity index (χ0) is 22.8. The van der Waals surface area contributed by atoms with Crippen molar-refractivity contribution in [2.45, 2.75) is 12.5 Å². The minimum atomic E-state index is -1.02. The summed E-state index contributed by atoms with van der Waals surface area (Å²) in [5.74, 6) is -2.32. The van der Waals surface area contributed by atoms with Gasteiger partial charge in [-0.05, 0) is 30.8 Å². The summed E-state index contributed by atoms with van der Waals surface area (Å²) in [7, 11) is 1.96. The highest BCUT2D eigenvalue weighted by Crippen LogP contribution is 2.19. The topological polar surface area (TPSA) is 81.3 Å². The number of hydrogen-bond acceptors (Lipinski definition) is 4. The van der Waals surface area contributed by atoms with Crippen molar-refractivity contribution in [2.75, 3.05) is 33.2 Å². The number of carbonyl (C=O) groups is 2. The molecule has 0 unspecified atom stereocenters. The normalized spacial score (nSPS) is 15.7. The van der Waals surface area contributed by atoms with Gasteiger partial charge >= 0.3 is 0 Å². The average Bonchev–Trinajstić information content (AvgIpc) is 3.18. The van der Waals surface area contributed by atoms with Gasteiger partial charge in [-0.25, -0.2) is 13.8 Å². The second kappa shape index (κ2) is 9.22. The molecule has 2 amide bonds. The van der Waals surface area contributed by atoms with E-state index in [1.54, 1.807) is 17.0 Å². The lowest BCUT2D eigenvalue weighted by molar-refractivity contribution is -0.134. The van der Waals surface area contributed by atoms with Crippen LogP contribution in [0.4, 0.5) is 8.78 Å². The number of rotatable bonds is 5. The molecule has 1 aromatic carbocycles. The van der Waals surface area contributed by atoms with Crippen LogP contribution < -0.4 is 5.32 Å². The van der Waals surface area contributed by atoms with Crippen LogP contribution in [0, 0.1) is 11.6 Å². The second-order valence-corrected chi connectivity index (χ2v) is 8.31. The molecule has 0 saturated carbocycles. The first kappa shape index (κ1) is 22.2. The zero-order valence-corrected chi connectivity index (χ0v) is 18.1. The summed E-state index contributed by atoms with van der Waals surface area (Å²) in [4.78, 5) is 36.9. The number of pyridine rings is 1. The molecule has 1 atom stereocenters. The lowest BCUT2D eigenvalue weighted by atomic mass is 10.0. The van der Waals surface area contributed by atoms with Crippen LogP contribution in [0.2, 0.25) is 5.02 Å². The van der Waals surface area contributed by atoms with Crippen LogP contribution in [0.25, 0.3) is 11.0 Å². The molecule has 1 aliphatic rings. The van der Waals surface area contributed by atoms with Crippen LogP contribution in [0.5, 0.6) is 0 Å². The van der Waals surface area contributed by atoms with E-state index in [-0.39, 0.29) is 23.6 Å². The van der Waals surface area contributed by atoms with Gasteiger partial charge in [0.25, 0.3) is 5.91 Å². The molecule has 168 valence electrons. The van der Waals surface area contributed by atoms with E-state index in [1.165, 1.54) is 12.3 Å². The summed E-state index contributed by atoms with van der Waals surface area (Å²) in [5, 5.41) is 3.79. The molecular formula is C22H22ClF2N5O2. The molecule has 0 radical (unpaired) electrons. The number of benzene rings is 1. The fourth-order valence-corrected chi connectivity index (χ4v) is 3.87. The monoisotopic (exact) mass is 461 g/mol. The van der Waals surface area contributed by atoms with Gasteiger partial charge in [0.05, 0.1) is 5.02 Å². The van der Waals surface area contributed by atoms with Gasteiger partial charge in [-0.1, -0.05) is 17.7 Å². The first-order chi connectivity index (χ1) is 15.3. The molecule has 0 bridgehead atoms. The lowest BCUT2D eigenvalue weighted by Crippen LogP contribution is -2.55. The van der Waals surface area contributed by atoms with E-state index in [1.807, 2.05) is 7.05 Å². The summed E-state index contributed by atoms with van der Waals surface area (Å²) < 4.78 is 27.6. The summed E-state index contributed by atoms with van der Waals surface area (Å²) in [6.07, 6.45) is 1.35. The highest BCUT2D eigenvalue weighted by atomic mass is 35.5. The van der Waals surface area contributed by atoms with Crippen molar-refractivity contribution in [3.8, 4) is 0 Å². The number of fused-ring (bicyclic) bond motifs is 1. The number of nitrogens with one attached hydrogen (secondary N) is 2. The average molecular weight is 462 g/mol. The molecule has 3 aromatic rings. The minimum Gasteiger partial charge on any atom is -0.339 e. The number of hydrogen-bond donors (Lipinski definition) is 2. The Morgan fingerprint density at radius 2 is 1.94 bits per heavy atom. The molecule has 32 heavy (non-hydrogen) atoms. The van der Waals surface area contributed by atoms with Crippen molar-refractivity contribution >= 4 is 34.4 Å². The van der Waals surface area contributed by atoms with E-state index in [0.717, 1.165) is 12.1 Å². The molecule has 7 nitrogen and oxygen atoms in total. The van der Waals surface area contributed by atoms with Gasteiger partial charge in [0.15, 0.2) is 0 Å². The van der Waals surface area contributed by atoms with Gasteiger partial charge in [-0.2, -0.15) is 0 Å². The summed E-state index contributed by atoms with van der Waals surface area (Å²) >= 11 is 5.95. The van der Waals surface area contributed by atoms with Gasteiger partial charge in [-0.15, -0.1) is 0 Å². The van der Waals surface area contributed by atoms with E-state index in [4.69, 9.17) is 11.6 Å². The van der Waals surface area contributed by atoms with Gasteiger partial charge < -0.3 is 20.1 Å². The Morgan fingerprint density at radius 1 is 1.19 bits per heavy atom. The van der Waals surface area contributed by atoms with Gasteiger partial charge in [0, 0.05) is 50.2 Å². The Morgan fingerprint density at radius 3 is 2.66 bits per heavy atom. The maximum atomic E-state index is 14.3. The molecule has 1 saturated heterocycles. The van der Waals surface area contributed by atoms with E-state index in [0.29, 0.717) is 42.2 Å². The quantitative estimate of drug-likeness (QED) is 0.612. The lowest BCUT2D eigenvalue weighted by Gasteiger charge is -2.34. The van der Waals surface area contributed by atoms with Crippen LogP contribution >= 0.6 is 11.6 Å². The smallest absolute Gasteiger partial charge is 0.268 e. The Kier molecular flexibility index (Phi) is 6.38. The van der Waals surface area contributed by atoms with Crippen LogP contribution in [-0.2, 0) is 11.2 Å². The number of H-pyrrole nitrogens is 1. The molecule has 4 rings (SSSR count). The number of likely N-dealkylation sites (N-methyl/N-ethyl adjacent to an activating group) is 1. The van der Waals surface area contributed by atoms with Gasteiger partial charge in [-0.3, -0.25) is 9.59 Å². The highest BCUT2D eigenvalue weighted by molar-refractivity contribution is 6.31. The first-order valence-corrected chi connectivity index (χ1v) is 10.5. The highest BCUT2D eigenvalue weighted by Gasteiger charge is 2.29. The van der Waals surface area contributed by atoms with Crippen molar-refractivity contribution in [3.63, 3.8) is 0 Å². The second-order valence-electron chi connectivity index (χ2n) is 7.87. The Balaban J connectivity index is 1.58. The van der Waals surface area contributed by atoms with Crippen LogP contribution in [-0.4, -0.2) is 70.9 Å². The largest absolute Gasteiger partial charge is 0.339 e. The number of nitrogens with zero attached hydrogens (tertiary/aromatic N) is 3. The van der Waals surface area contributed by atoms with Crippen molar-refractivity contribution in [3.05, 3.63) is 64.4 Å².